The molecule has 0 saturated heterocycles. The molecule has 0 aliphatic heterocycles. The lowest BCUT2D eigenvalue weighted by atomic mass is 10.1. The van der Waals surface area contributed by atoms with Crippen LogP contribution in [0.1, 0.15) is 22.3 Å². The third kappa shape index (κ3) is 4.90. The molecule has 0 aliphatic rings. The highest BCUT2D eigenvalue weighted by molar-refractivity contribution is 6.30. The van der Waals surface area contributed by atoms with Crippen LogP contribution in [0.25, 0.3) is 0 Å². The molecule has 114 valence electrons. The number of rotatable bonds is 5. The van der Waals surface area contributed by atoms with Gasteiger partial charge in [0.1, 0.15) is 0 Å². The predicted molar refractivity (Wildman–Crippen MR) is 88.2 cm³/mol. The van der Waals surface area contributed by atoms with Gasteiger partial charge >= 0.3 is 0 Å². The molecular formula is C17H17ClN2O2. The van der Waals surface area contributed by atoms with Crippen LogP contribution in [0.3, 0.4) is 0 Å². The fourth-order valence-electron chi connectivity index (χ4n) is 1.93. The van der Waals surface area contributed by atoms with E-state index in [1.54, 1.807) is 30.3 Å². The molecule has 0 heterocycles. The van der Waals surface area contributed by atoms with Crippen molar-refractivity contribution in [3.05, 3.63) is 64.7 Å². The molecule has 4 nitrogen and oxygen atoms in total. The number of halogens is 1. The molecule has 0 bridgehead atoms. The van der Waals surface area contributed by atoms with Crippen LogP contribution in [0.4, 0.5) is 5.69 Å². The Morgan fingerprint density at radius 1 is 1.09 bits per heavy atom. The first-order valence-electron chi connectivity index (χ1n) is 6.95. The number of benzene rings is 2. The summed E-state index contributed by atoms with van der Waals surface area (Å²) in [7, 11) is 0. The van der Waals surface area contributed by atoms with Crippen molar-refractivity contribution in [3.8, 4) is 0 Å². The topological polar surface area (TPSA) is 58.2 Å². The van der Waals surface area contributed by atoms with Gasteiger partial charge in [0, 0.05) is 29.2 Å². The van der Waals surface area contributed by atoms with Crippen LogP contribution in [0.5, 0.6) is 0 Å². The zero-order valence-electron chi connectivity index (χ0n) is 12.2. The van der Waals surface area contributed by atoms with Crippen molar-refractivity contribution in [2.75, 3.05) is 11.9 Å². The second-order valence-electron chi connectivity index (χ2n) is 4.93. The van der Waals surface area contributed by atoms with Crippen LogP contribution in [-0.2, 0) is 4.79 Å². The zero-order valence-corrected chi connectivity index (χ0v) is 13.0. The summed E-state index contributed by atoms with van der Waals surface area (Å²) in [5, 5.41) is 6.09. The van der Waals surface area contributed by atoms with Crippen LogP contribution in [-0.4, -0.2) is 18.4 Å². The Bertz CT molecular complexity index is 669. The number of anilines is 1. The van der Waals surface area contributed by atoms with E-state index < -0.39 is 0 Å². The Kier molecular flexibility index (Phi) is 5.55. The number of hydrogen-bond donors (Lipinski definition) is 2. The lowest BCUT2D eigenvalue weighted by molar-refractivity contribution is -0.116. The summed E-state index contributed by atoms with van der Waals surface area (Å²) >= 11 is 5.78. The van der Waals surface area contributed by atoms with Gasteiger partial charge < -0.3 is 10.6 Å². The Balaban J connectivity index is 1.77. The standard InChI is InChI=1S/C17H17ClN2O2/c1-12-3-2-4-13(11-12)17(22)19-10-9-16(21)20-15-7-5-14(18)6-8-15/h2-8,11H,9-10H2,1H3,(H,19,22)(H,20,21). The van der Waals surface area contributed by atoms with Crippen molar-refractivity contribution in [2.45, 2.75) is 13.3 Å². The van der Waals surface area contributed by atoms with E-state index in [0.29, 0.717) is 16.3 Å². The summed E-state index contributed by atoms with van der Waals surface area (Å²) in [5.74, 6) is -0.338. The predicted octanol–water partition coefficient (Wildman–Crippen LogP) is 3.41. The Labute approximate surface area is 134 Å². The number of nitrogens with one attached hydrogen (secondary N) is 2. The summed E-state index contributed by atoms with van der Waals surface area (Å²) in [6, 6.07) is 14.2. The largest absolute Gasteiger partial charge is 0.352 e. The maximum Gasteiger partial charge on any atom is 0.251 e. The molecule has 2 aromatic rings. The monoisotopic (exact) mass is 316 g/mol. The van der Waals surface area contributed by atoms with E-state index >= 15 is 0 Å². The highest BCUT2D eigenvalue weighted by atomic mass is 35.5. The molecule has 0 saturated carbocycles. The molecule has 0 unspecified atom stereocenters. The van der Waals surface area contributed by atoms with E-state index in [0.717, 1.165) is 5.56 Å². The summed E-state index contributed by atoms with van der Waals surface area (Å²) in [6.45, 7) is 2.21. The molecule has 5 heteroatoms. The van der Waals surface area contributed by atoms with E-state index in [1.165, 1.54) is 0 Å². The van der Waals surface area contributed by atoms with Crippen molar-refractivity contribution in [1.82, 2.24) is 5.32 Å². The molecule has 2 amide bonds. The minimum Gasteiger partial charge on any atom is -0.352 e. The van der Waals surface area contributed by atoms with Crippen LogP contribution in [0.15, 0.2) is 48.5 Å². The molecule has 2 N–H and O–H groups in total. The molecule has 0 aromatic heterocycles. The minimum absolute atomic E-state index is 0.160. The van der Waals surface area contributed by atoms with Gasteiger partial charge in [-0.05, 0) is 43.3 Å². The molecule has 2 rings (SSSR count). The van der Waals surface area contributed by atoms with E-state index in [9.17, 15) is 9.59 Å². The smallest absolute Gasteiger partial charge is 0.251 e. The molecule has 0 fully saturated rings. The number of carbonyl (C=O) groups excluding carboxylic acids is 2. The molecule has 22 heavy (non-hydrogen) atoms. The molecular weight excluding hydrogens is 300 g/mol. The maximum atomic E-state index is 11.9. The fraction of sp³-hybridized carbons (Fsp3) is 0.176. The van der Waals surface area contributed by atoms with Crippen LogP contribution >= 0.6 is 11.6 Å². The van der Waals surface area contributed by atoms with Crippen LogP contribution < -0.4 is 10.6 Å². The Hall–Kier alpha value is -2.33. The average molecular weight is 317 g/mol. The van der Waals surface area contributed by atoms with Gasteiger partial charge in [-0.2, -0.15) is 0 Å². The van der Waals surface area contributed by atoms with Gasteiger partial charge in [-0.3, -0.25) is 9.59 Å². The molecule has 2 aromatic carbocycles. The quantitative estimate of drug-likeness (QED) is 0.888. The lowest BCUT2D eigenvalue weighted by Crippen LogP contribution is -2.27. The van der Waals surface area contributed by atoms with E-state index in [1.807, 2.05) is 25.1 Å². The van der Waals surface area contributed by atoms with Crippen molar-refractivity contribution in [3.63, 3.8) is 0 Å². The first-order chi connectivity index (χ1) is 10.5. The Morgan fingerprint density at radius 2 is 1.82 bits per heavy atom. The number of amides is 2. The van der Waals surface area contributed by atoms with Crippen molar-refractivity contribution >= 4 is 29.1 Å². The Morgan fingerprint density at radius 3 is 2.50 bits per heavy atom. The summed E-state index contributed by atoms with van der Waals surface area (Å²) in [5.41, 5.74) is 2.30. The number of hydrogen-bond acceptors (Lipinski definition) is 2. The van der Waals surface area contributed by atoms with Gasteiger partial charge in [0.15, 0.2) is 0 Å². The molecule has 0 radical (unpaired) electrons. The van der Waals surface area contributed by atoms with Gasteiger partial charge in [0.2, 0.25) is 5.91 Å². The summed E-state index contributed by atoms with van der Waals surface area (Å²) < 4.78 is 0. The molecule has 0 spiro atoms. The zero-order chi connectivity index (χ0) is 15.9. The highest BCUT2D eigenvalue weighted by Gasteiger charge is 2.07. The third-order valence-corrected chi connectivity index (χ3v) is 3.30. The minimum atomic E-state index is -0.178. The maximum absolute atomic E-state index is 11.9. The first-order valence-corrected chi connectivity index (χ1v) is 7.33. The second kappa shape index (κ2) is 7.61. The molecule has 0 aliphatic carbocycles. The SMILES string of the molecule is Cc1cccc(C(=O)NCCC(=O)Nc2ccc(Cl)cc2)c1. The van der Waals surface area contributed by atoms with E-state index in [4.69, 9.17) is 11.6 Å². The van der Waals surface area contributed by atoms with E-state index in [-0.39, 0.29) is 24.8 Å². The van der Waals surface area contributed by atoms with Gasteiger partial charge in [0.25, 0.3) is 5.91 Å². The van der Waals surface area contributed by atoms with Crippen LogP contribution in [0.2, 0.25) is 5.02 Å². The first kappa shape index (κ1) is 16.0. The van der Waals surface area contributed by atoms with Crippen molar-refractivity contribution in [2.24, 2.45) is 0 Å². The number of aryl methyl sites for hydroxylation is 1. The number of carbonyl (C=O) groups is 2. The van der Waals surface area contributed by atoms with Gasteiger partial charge in [0.05, 0.1) is 0 Å². The van der Waals surface area contributed by atoms with Gasteiger partial charge in [-0.15, -0.1) is 0 Å². The third-order valence-electron chi connectivity index (χ3n) is 3.05. The van der Waals surface area contributed by atoms with Gasteiger partial charge in [-0.1, -0.05) is 29.3 Å². The fourth-order valence-corrected chi connectivity index (χ4v) is 2.06. The second-order valence-corrected chi connectivity index (χ2v) is 5.37. The van der Waals surface area contributed by atoms with Gasteiger partial charge in [-0.25, -0.2) is 0 Å². The van der Waals surface area contributed by atoms with Crippen molar-refractivity contribution < 1.29 is 9.59 Å². The lowest BCUT2D eigenvalue weighted by Gasteiger charge is -2.07. The summed E-state index contributed by atoms with van der Waals surface area (Å²) in [4.78, 5) is 23.7. The molecule has 0 atom stereocenters. The highest BCUT2D eigenvalue weighted by Crippen LogP contribution is 2.13. The normalized spacial score (nSPS) is 10.1. The summed E-state index contributed by atoms with van der Waals surface area (Å²) in [6.07, 6.45) is 0.209. The van der Waals surface area contributed by atoms with E-state index in [2.05, 4.69) is 10.6 Å². The van der Waals surface area contributed by atoms with Crippen molar-refractivity contribution in [1.29, 1.82) is 0 Å². The average Bonchev–Trinajstić information content (AvgIpc) is 2.49. The van der Waals surface area contributed by atoms with Crippen LogP contribution in [0, 0.1) is 6.92 Å².